The van der Waals surface area contributed by atoms with Crippen molar-refractivity contribution >= 4 is 27.5 Å². The van der Waals surface area contributed by atoms with Crippen LogP contribution in [0.15, 0.2) is 6.07 Å². The molecule has 17 heavy (non-hydrogen) atoms. The van der Waals surface area contributed by atoms with Gasteiger partial charge in [-0.1, -0.05) is 0 Å². The van der Waals surface area contributed by atoms with E-state index in [1.165, 1.54) is 0 Å². The molecule has 2 rings (SSSR count). The molecule has 0 aromatic carbocycles. The van der Waals surface area contributed by atoms with Crippen molar-refractivity contribution < 1.29 is 9.47 Å². The van der Waals surface area contributed by atoms with Crippen LogP contribution in [0.2, 0.25) is 0 Å². The number of anilines is 1. The third-order valence-corrected chi connectivity index (χ3v) is 3.11. The van der Waals surface area contributed by atoms with Crippen LogP contribution in [0.1, 0.15) is 11.8 Å². The zero-order valence-corrected chi connectivity index (χ0v) is 10.7. The smallest absolute Gasteiger partial charge is 0.227 e. The zero-order valence-electron chi connectivity index (χ0n) is 9.90. The van der Waals surface area contributed by atoms with Crippen LogP contribution in [0.25, 0.3) is 10.2 Å². The van der Waals surface area contributed by atoms with Gasteiger partial charge in [0, 0.05) is 11.5 Å². The van der Waals surface area contributed by atoms with Crippen molar-refractivity contribution in [2.45, 2.75) is 13.8 Å². The lowest BCUT2D eigenvalue weighted by Gasteiger charge is -2.06. The average Bonchev–Trinajstić information content (AvgIpc) is 2.64. The molecular formula is C11H15N3O2S. The molecule has 2 aromatic heterocycles. The second kappa shape index (κ2) is 5.29. The molecule has 0 aliphatic heterocycles. The number of nitrogens with two attached hydrogens (primary N) is 1. The van der Waals surface area contributed by atoms with Gasteiger partial charge in [-0.15, -0.1) is 11.3 Å². The van der Waals surface area contributed by atoms with Crippen molar-refractivity contribution in [1.29, 1.82) is 0 Å². The second-order valence-corrected chi connectivity index (χ2v) is 4.74. The quantitative estimate of drug-likeness (QED) is 0.825. The van der Waals surface area contributed by atoms with E-state index >= 15 is 0 Å². The van der Waals surface area contributed by atoms with Crippen molar-refractivity contribution in [3.05, 3.63) is 10.9 Å². The number of nitrogens with zero attached hydrogens (tertiary/aromatic N) is 2. The van der Waals surface area contributed by atoms with E-state index < -0.39 is 0 Å². The van der Waals surface area contributed by atoms with Crippen LogP contribution >= 0.6 is 11.3 Å². The van der Waals surface area contributed by atoms with E-state index in [1.54, 1.807) is 11.3 Å². The Morgan fingerprint density at radius 2 is 2.18 bits per heavy atom. The Morgan fingerprint density at radius 1 is 1.35 bits per heavy atom. The molecule has 0 fully saturated rings. The first-order valence-electron chi connectivity index (χ1n) is 5.45. The van der Waals surface area contributed by atoms with Gasteiger partial charge in [0.15, 0.2) is 0 Å². The molecule has 6 heteroatoms. The molecule has 0 amide bonds. The molecule has 0 aliphatic carbocycles. The molecule has 0 unspecified atom stereocenters. The van der Waals surface area contributed by atoms with Crippen LogP contribution in [0.3, 0.4) is 0 Å². The number of nitrogen functional groups attached to an aromatic ring is 1. The van der Waals surface area contributed by atoms with E-state index in [0.29, 0.717) is 25.7 Å². The molecule has 2 N–H and O–H groups in total. The van der Waals surface area contributed by atoms with Crippen molar-refractivity contribution in [3.8, 4) is 5.88 Å². The van der Waals surface area contributed by atoms with E-state index in [2.05, 4.69) is 9.97 Å². The predicted octanol–water partition coefficient (Wildman–Crippen LogP) is 2.00. The fourth-order valence-electron chi connectivity index (χ4n) is 1.48. The van der Waals surface area contributed by atoms with Crippen LogP contribution in [-0.2, 0) is 4.74 Å². The Morgan fingerprint density at radius 3 is 2.94 bits per heavy atom. The van der Waals surface area contributed by atoms with Crippen LogP contribution < -0.4 is 10.5 Å². The molecule has 2 heterocycles. The van der Waals surface area contributed by atoms with Gasteiger partial charge in [0.25, 0.3) is 0 Å². The predicted molar refractivity (Wildman–Crippen MR) is 68.6 cm³/mol. The summed E-state index contributed by atoms with van der Waals surface area (Å²) in [5.74, 6) is 0.780. The largest absolute Gasteiger partial charge is 0.475 e. The normalized spacial score (nSPS) is 10.9. The summed E-state index contributed by atoms with van der Waals surface area (Å²) in [4.78, 5) is 10.3. The summed E-state index contributed by atoms with van der Waals surface area (Å²) in [7, 11) is 0. The van der Waals surface area contributed by atoms with Gasteiger partial charge in [0.1, 0.15) is 11.4 Å². The molecule has 0 saturated carbocycles. The van der Waals surface area contributed by atoms with Gasteiger partial charge < -0.3 is 15.2 Å². The maximum Gasteiger partial charge on any atom is 0.227 e. The topological polar surface area (TPSA) is 70.3 Å². The van der Waals surface area contributed by atoms with Crippen molar-refractivity contribution in [3.63, 3.8) is 0 Å². The Bertz CT molecular complexity index is 513. The minimum Gasteiger partial charge on any atom is -0.475 e. The van der Waals surface area contributed by atoms with Gasteiger partial charge in [0.2, 0.25) is 11.8 Å². The van der Waals surface area contributed by atoms with Gasteiger partial charge in [-0.3, -0.25) is 0 Å². The fourth-order valence-corrected chi connectivity index (χ4v) is 2.36. The summed E-state index contributed by atoms with van der Waals surface area (Å²) in [5.41, 5.74) is 5.64. The first-order chi connectivity index (χ1) is 8.20. The summed E-state index contributed by atoms with van der Waals surface area (Å²) in [6.45, 7) is 5.66. The van der Waals surface area contributed by atoms with Crippen LogP contribution in [-0.4, -0.2) is 29.8 Å². The van der Waals surface area contributed by atoms with Gasteiger partial charge >= 0.3 is 0 Å². The summed E-state index contributed by atoms with van der Waals surface area (Å²) in [6, 6.07) is 2.01. The monoisotopic (exact) mass is 253 g/mol. The first-order valence-corrected chi connectivity index (χ1v) is 6.26. The Hall–Kier alpha value is -1.40. The zero-order chi connectivity index (χ0) is 12.3. The molecule has 0 radical (unpaired) electrons. The fraction of sp³-hybridized carbons (Fsp3) is 0.455. The maximum absolute atomic E-state index is 5.64. The molecular weight excluding hydrogens is 238 g/mol. The Kier molecular flexibility index (Phi) is 3.75. The van der Waals surface area contributed by atoms with E-state index in [1.807, 2.05) is 19.9 Å². The lowest BCUT2D eigenvalue weighted by Crippen LogP contribution is -2.08. The minimum absolute atomic E-state index is 0.241. The first kappa shape index (κ1) is 12.1. The van der Waals surface area contributed by atoms with E-state index in [9.17, 15) is 0 Å². The molecule has 5 nitrogen and oxygen atoms in total. The number of hydrogen-bond donors (Lipinski definition) is 1. The summed E-state index contributed by atoms with van der Waals surface area (Å²) in [5, 5.41) is 0.915. The molecule has 0 bridgehead atoms. The number of ether oxygens (including phenoxy) is 2. The van der Waals surface area contributed by atoms with Crippen LogP contribution in [0, 0.1) is 6.92 Å². The Balaban J connectivity index is 2.19. The van der Waals surface area contributed by atoms with Crippen molar-refractivity contribution in [2.24, 2.45) is 0 Å². The third kappa shape index (κ3) is 2.83. The number of rotatable bonds is 5. The number of thiophene rings is 1. The van der Waals surface area contributed by atoms with E-state index in [-0.39, 0.29) is 5.95 Å². The Labute approximate surface area is 104 Å². The number of fused-ring (bicyclic) bond motifs is 1. The van der Waals surface area contributed by atoms with Gasteiger partial charge in [-0.05, 0) is 19.9 Å². The van der Waals surface area contributed by atoms with E-state index in [0.717, 1.165) is 15.1 Å². The molecule has 92 valence electrons. The lowest BCUT2D eigenvalue weighted by molar-refractivity contribution is 0.109. The average molecular weight is 253 g/mol. The number of aromatic nitrogens is 2. The molecule has 0 saturated heterocycles. The summed E-state index contributed by atoms with van der Waals surface area (Å²) >= 11 is 1.58. The maximum atomic E-state index is 5.64. The van der Waals surface area contributed by atoms with E-state index in [4.69, 9.17) is 15.2 Å². The molecule has 0 aliphatic rings. The second-order valence-electron chi connectivity index (χ2n) is 3.51. The molecule has 2 aromatic rings. The van der Waals surface area contributed by atoms with Crippen LogP contribution in [0.5, 0.6) is 5.88 Å². The number of aryl methyl sites for hydroxylation is 1. The summed E-state index contributed by atoms with van der Waals surface area (Å²) < 4.78 is 10.8. The highest BCUT2D eigenvalue weighted by Gasteiger charge is 2.10. The molecule has 0 spiro atoms. The standard InChI is InChI=1S/C11H15N3O2S/c1-3-15-4-5-16-9-8-6-7(2)17-10(8)14-11(12)13-9/h6H,3-5H2,1-2H3,(H2,12,13,14). The highest BCUT2D eigenvalue weighted by atomic mass is 32.1. The van der Waals surface area contributed by atoms with Gasteiger partial charge in [-0.25, -0.2) is 4.98 Å². The number of hydrogen-bond acceptors (Lipinski definition) is 6. The van der Waals surface area contributed by atoms with Gasteiger partial charge in [-0.2, -0.15) is 4.98 Å². The van der Waals surface area contributed by atoms with Crippen molar-refractivity contribution in [1.82, 2.24) is 9.97 Å². The highest BCUT2D eigenvalue weighted by Crippen LogP contribution is 2.30. The SMILES string of the molecule is CCOCCOc1nc(N)nc2sc(C)cc12. The van der Waals surface area contributed by atoms with Crippen LogP contribution in [0.4, 0.5) is 5.95 Å². The summed E-state index contributed by atoms with van der Waals surface area (Å²) in [6.07, 6.45) is 0. The highest BCUT2D eigenvalue weighted by molar-refractivity contribution is 7.18. The lowest BCUT2D eigenvalue weighted by atomic mass is 10.3. The third-order valence-electron chi connectivity index (χ3n) is 2.17. The minimum atomic E-state index is 0.241. The van der Waals surface area contributed by atoms with Gasteiger partial charge in [0.05, 0.1) is 12.0 Å². The molecule has 0 atom stereocenters. The van der Waals surface area contributed by atoms with Crippen molar-refractivity contribution in [2.75, 3.05) is 25.6 Å².